The third-order valence-corrected chi connectivity index (χ3v) is 17.6. The quantitative estimate of drug-likeness (QED) is 0.146. The zero-order chi connectivity index (χ0) is 48.2. The summed E-state index contributed by atoms with van der Waals surface area (Å²) in [5.41, 5.74) is 1.25. The highest BCUT2D eigenvalue weighted by molar-refractivity contribution is 7.91. The summed E-state index contributed by atoms with van der Waals surface area (Å²) >= 11 is 0. The summed E-state index contributed by atoms with van der Waals surface area (Å²) in [4.78, 5) is 42.2. The van der Waals surface area contributed by atoms with Crippen LogP contribution in [0.1, 0.15) is 85.5 Å². The second-order valence-corrected chi connectivity index (χ2v) is 22.6. The summed E-state index contributed by atoms with van der Waals surface area (Å²) in [6.45, 7) is 1.90. The molecule has 6 heterocycles. The largest absolute Gasteiger partial charge is 0.347 e. The Kier molecular flexibility index (Phi) is 12.5. The number of halogens is 4. The fourth-order valence-corrected chi connectivity index (χ4v) is 13.4. The zero-order valence-electron chi connectivity index (χ0n) is 36.8. The van der Waals surface area contributed by atoms with Crippen LogP contribution in [0.25, 0.3) is 0 Å². The van der Waals surface area contributed by atoms with Crippen LogP contribution < -0.4 is 9.80 Å². The Balaban J connectivity index is 0.000000170. The first-order valence-corrected chi connectivity index (χ1v) is 25.9. The van der Waals surface area contributed by atoms with Gasteiger partial charge in [0.1, 0.15) is 23.8 Å². The lowest BCUT2D eigenvalue weighted by Gasteiger charge is -2.41. The van der Waals surface area contributed by atoms with Gasteiger partial charge in [0, 0.05) is 88.4 Å². The van der Waals surface area contributed by atoms with E-state index in [1.165, 1.54) is 48.8 Å². The summed E-state index contributed by atoms with van der Waals surface area (Å²) in [7, 11) is -7.76. The first-order chi connectivity index (χ1) is 32.4. The van der Waals surface area contributed by atoms with Gasteiger partial charge in [0.05, 0.1) is 44.3 Å². The van der Waals surface area contributed by atoms with Crippen LogP contribution in [0.4, 0.5) is 29.2 Å². The number of aromatic nitrogens is 2. The van der Waals surface area contributed by atoms with Gasteiger partial charge >= 0.3 is 0 Å². The molecule has 2 aromatic heterocycles. The predicted molar refractivity (Wildman–Crippen MR) is 240 cm³/mol. The van der Waals surface area contributed by atoms with Crippen LogP contribution >= 0.6 is 0 Å². The summed E-state index contributed by atoms with van der Waals surface area (Å²) in [5, 5.41) is 18.0. The molecule has 68 heavy (non-hydrogen) atoms. The molecule has 20 heteroatoms. The van der Waals surface area contributed by atoms with Gasteiger partial charge in [-0.3, -0.25) is 9.59 Å². The Labute approximate surface area is 392 Å². The molecule has 356 valence electrons. The Morgan fingerprint density at radius 3 is 1.21 bits per heavy atom. The number of carbonyl (C=O) groups excluding carboxylic acids is 2. The lowest BCUT2D eigenvalue weighted by molar-refractivity contribution is -0.132. The van der Waals surface area contributed by atoms with Gasteiger partial charge in [-0.15, -0.1) is 0 Å². The third-order valence-electron chi connectivity index (χ3n) is 14.0. The van der Waals surface area contributed by atoms with Crippen LogP contribution in [0, 0.1) is 22.7 Å². The number of likely N-dealkylation sites (tertiary alicyclic amines) is 2. The lowest BCUT2D eigenvalue weighted by atomic mass is 10.1. The van der Waals surface area contributed by atoms with Gasteiger partial charge in [0.25, 0.3) is 11.8 Å². The van der Waals surface area contributed by atoms with Crippen molar-refractivity contribution >= 4 is 43.1 Å². The van der Waals surface area contributed by atoms with E-state index in [4.69, 9.17) is 10.5 Å². The van der Waals surface area contributed by atoms with Crippen molar-refractivity contribution in [2.45, 2.75) is 109 Å². The zero-order valence-corrected chi connectivity index (χ0v) is 38.4. The second kappa shape index (κ2) is 18.1. The average molecular weight is 973 g/mol. The highest BCUT2D eigenvalue weighted by Gasteiger charge is 2.59. The van der Waals surface area contributed by atoms with E-state index in [-0.39, 0.29) is 82.6 Å². The van der Waals surface area contributed by atoms with Crippen molar-refractivity contribution in [3.05, 3.63) is 107 Å². The van der Waals surface area contributed by atoms with Gasteiger partial charge in [-0.05, 0) is 73.2 Å². The van der Waals surface area contributed by atoms with Crippen LogP contribution in [0.5, 0.6) is 0 Å². The number of amides is 2. The number of nitriles is 2. The van der Waals surface area contributed by atoms with Crippen molar-refractivity contribution in [2.75, 3.05) is 47.5 Å². The number of anilines is 2. The molecule has 0 spiro atoms. The first-order valence-electron chi connectivity index (χ1n) is 22.6. The minimum Gasteiger partial charge on any atom is -0.347 e. The number of alkyl halides is 4. The molecule has 2 aliphatic carbocycles. The predicted octanol–water partition coefficient (Wildman–Crippen LogP) is 6.24. The molecular weight excluding hydrogens is 925 g/mol. The van der Waals surface area contributed by atoms with E-state index in [0.717, 1.165) is 37.3 Å². The maximum Gasteiger partial charge on any atom is 0.255 e. The number of nitrogens with zero attached hydrogens (tertiary/aromatic N) is 8. The maximum atomic E-state index is 13.6. The number of rotatable bonds is 12. The number of pyridine rings is 2. The van der Waals surface area contributed by atoms with E-state index in [9.17, 15) is 44.0 Å². The molecule has 4 bridgehead atoms. The molecule has 4 aromatic rings. The Morgan fingerprint density at radius 1 is 0.574 bits per heavy atom. The number of hydrogen-bond donors (Lipinski definition) is 0. The van der Waals surface area contributed by atoms with E-state index in [1.54, 1.807) is 34.1 Å². The van der Waals surface area contributed by atoms with Gasteiger partial charge in [0.2, 0.25) is 11.8 Å². The van der Waals surface area contributed by atoms with Gasteiger partial charge in [-0.2, -0.15) is 10.5 Å². The highest BCUT2D eigenvalue weighted by atomic mass is 32.2. The highest BCUT2D eigenvalue weighted by Crippen LogP contribution is 2.58. The normalized spacial score (nSPS) is 25.1. The number of carbonyl (C=O) groups is 2. The van der Waals surface area contributed by atoms with E-state index in [2.05, 4.69) is 31.9 Å². The van der Waals surface area contributed by atoms with Crippen LogP contribution in [-0.4, -0.2) is 122 Å². The molecule has 2 saturated carbocycles. The minimum atomic E-state index is -3.88. The van der Waals surface area contributed by atoms with Crippen molar-refractivity contribution in [2.24, 2.45) is 0 Å². The molecule has 6 aliphatic rings. The van der Waals surface area contributed by atoms with Gasteiger partial charge < -0.3 is 19.6 Å². The molecule has 6 fully saturated rings. The number of piperazine rings is 2. The van der Waals surface area contributed by atoms with Gasteiger partial charge in [-0.25, -0.2) is 44.4 Å². The topological polar surface area (TPSA) is 189 Å². The van der Waals surface area contributed by atoms with Crippen LogP contribution in [0.15, 0.2) is 95.0 Å². The Morgan fingerprint density at radius 2 is 0.912 bits per heavy atom. The fourth-order valence-electron chi connectivity index (χ4n) is 10.4. The molecule has 14 nitrogen and oxygen atoms in total. The van der Waals surface area contributed by atoms with E-state index in [0.29, 0.717) is 37.3 Å². The van der Waals surface area contributed by atoms with Crippen LogP contribution in [-0.2, 0) is 29.3 Å². The Bertz CT molecular complexity index is 2690. The molecule has 0 N–H and O–H groups in total. The molecule has 2 amide bonds. The Hall–Kier alpha value is -6.12. The summed E-state index contributed by atoms with van der Waals surface area (Å²) in [5.74, 6) is -7.66. The average Bonchev–Trinajstić information content (AvgIpc) is 4.13. The molecule has 4 unspecified atom stereocenters. The lowest BCUT2D eigenvalue weighted by Crippen LogP contribution is -2.55. The van der Waals surface area contributed by atoms with Crippen molar-refractivity contribution in [1.29, 1.82) is 10.5 Å². The smallest absolute Gasteiger partial charge is 0.255 e. The van der Waals surface area contributed by atoms with Crippen LogP contribution in [0.3, 0.4) is 0 Å². The van der Waals surface area contributed by atoms with Crippen molar-refractivity contribution in [1.82, 2.24) is 19.8 Å². The van der Waals surface area contributed by atoms with Gasteiger partial charge in [-0.1, -0.05) is 36.4 Å². The van der Waals surface area contributed by atoms with E-state index >= 15 is 0 Å². The molecule has 10 rings (SSSR count). The second-order valence-electron chi connectivity index (χ2n) is 18.5. The number of sulfone groups is 2. The number of hydrogen-bond acceptors (Lipinski definition) is 12. The maximum absolute atomic E-state index is 13.6. The van der Waals surface area contributed by atoms with Crippen molar-refractivity contribution in [3.63, 3.8) is 0 Å². The van der Waals surface area contributed by atoms with Crippen molar-refractivity contribution in [3.8, 4) is 12.1 Å². The molecule has 4 saturated heterocycles. The molecule has 4 aliphatic heterocycles. The minimum absolute atomic E-state index is 0.0811. The summed E-state index contributed by atoms with van der Waals surface area (Å²) in [6.07, 6.45) is 5.60. The summed E-state index contributed by atoms with van der Waals surface area (Å²) in [6, 6.07) is 23.3. The van der Waals surface area contributed by atoms with Crippen molar-refractivity contribution < 1.29 is 44.0 Å². The molecule has 6 atom stereocenters. The standard InChI is InChI=1S/2C24H24F2N4O3S/c2*25-24(26)11-20(24)19-3-1-2-4-21(19)34(32,33)10-9-23(31)29-14-17-6-7-18(15-29)30(17)22-8-5-16(12-27)13-28-22/h2*1-5,8,13,17-18,20H,6-7,9-11,14-15H2/t2*17?,18?,20-/m10/s1. The van der Waals surface area contributed by atoms with Gasteiger partial charge in [0.15, 0.2) is 19.7 Å². The van der Waals surface area contributed by atoms with E-state index in [1.807, 2.05) is 12.1 Å². The summed E-state index contributed by atoms with van der Waals surface area (Å²) < 4.78 is 106. The third kappa shape index (κ3) is 9.49. The fraction of sp³-hybridized carbons (Fsp3) is 0.458. The number of benzene rings is 2. The van der Waals surface area contributed by atoms with E-state index < -0.39 is 54.9 Å². The molecule has 0 radical (unpaired) electrons. The SMILES string of the molecule is N#Cc1ccc(N2C3CCC2CN(C(=O)CCS(=O)(=O)c2ccccc2[C@@H]2CC2(F)F)C3)nc1.N#Cc1ccc(N2C3CCC2CN(C(=O)CCS(=O)(=O)c2ccccc2[C@H]2CC2(F)F)C3)nc1. The molecular formula is C48H48F4N8O6S2. The monoisotopic (exact) mass is 972 g/mol. The molecule has 2 aromatic carbocycles. The van der Waals surface area contributed by atoms with Crippen LogP contribution in [0.2, 0.25) is 0 Å². The first kappa shape index (κ1) is 47.0. The number of fused-ring (bicyclic) bond motifs is 4.